The molecule has 1 heterocycles. The SMILES string of the molecule is N#CCCNC(=O)COC(=O)/C=C/c1nc2ccccc2s1. The van der Waals surface area contributed by atoms with Crippen LogP contribution in [0.25, 0.3) is 16.3 Å². The molecule has 0 aliphatic rings. The maximum Gasteiger partial charge on any atom is 0.331 e. The summed E-state index contributed by atoms with van der Waals surface area (Å²) in [6, 6.07) is 9.57. The number of esters is 1. The van der Waals surface area contributed by atoms with E-state index < -0.39 is 11.9 Å². The molecule has 1 N–H and O–H groups in total. The minimum Gasteiger partial charge on any atom is -0.452 e. The van der Waals surface area contributed by atoms with Gasteiger partial charge in [-0.1, -0.05) is 12.1 Å². The van der Waals surface area contributed by atoms with Gasteiger partial charge in [-0.05, 0) is 18.2 Å². The number of hydrogen-bond acceptors (Lipinski definition) is 6. The first-order chi connectivity index (χ1) is 10.7. The molecule has 0 aliphatic carbocycles. The number of carbonyl (C=O) groups excluding carboxylic acids is 2. The Labute approximate surface area is 131 Å². The van der Waals surface area contributed by atoms with Gasteiger partial charge in [0.05, 0.1) is 22.7 Å². The maximum absolute atomic E-state index is 11.5. The third-order valence-corrected chi connectivity index (χ3v) is 3.58. The van der Waals surface area contributed by atoms with Crippen LogP contribution >= 0.6 is 11.3 Å². The summed E-state index contributed by atoms with van der Waals surface area (Å²) in [6.07, 6.45) is 3.01. The molecule has 0 bridgehead atoms. The molecule has 7 heteroatoms. The fraction of sp³-hybridized carbons (Fsp3) is 0.200. The predicted molar refractivity (Wildman–Crippen MR) is 82.9 cm³/mol. The third-order valence-electron chi connectivity index (χ3n) is 2.58. The lowest BCUT2D eigenvalue weighted by molar-refractivity contribution is -0.143. The Hall–Kier alpha value is -2.72. The van der Waals surface area contributed by atoms with Gasteiger partial charge in [0.25, 0.3) is 5.91 Å². The third kappa shape index (κ3) is 4.68. The molecule has 22 heavy (non-hydrogen) atoms. The number of nitrogens with one attached hydrogen (secondary N) is 1. The molecule has 0 atom stereocenters. The monoisotopic (exact) mass is 315 g/mol. The van der Waals surface area contributed by atoms with E-state index in [2.05, 4.69) is 10.3 Å². The summed E-state index contributed by atoms with van der Waals surface area (Å²) < 4.78 is 5.82. The van der Waals surface area contributed by atoms with Crippen LogP contribution in [-0.2, 0) is 14.3 Å². The van der Waals surface area contributed by atoms with Gasteiger partial charge in [0, 0.05) is 12.6 Å². The van der Waals surface area contributed by atoms with E-state index in [-0.39, 0.29) is 19.6 Å². The molecule has 2 rings (SSSR count). The number of carbonyl (C=O) groups is 2. The van der Waals surface area contributed by atoms with Crippen LogP contribution < -0.4 is 5.32 Å². The van der Waals surface area contributed by atoms with E-state index in [1.54, 1.807) is 6.08 Å². The lowest BCUT2D eigenvalue weighted by Crippen LogP contribution is -2.29. The second kappa shape index (κ2) is 7.90. The van der Waals surface area contributed by atoms with Crippen LogP contribution in [0, 0.1) is 11.3 Å². The molecule has 1 amide bonds. The molecule has 1 aromatic carbocycles. The summed E-state index contributed by atoms with van der Waals surface area (Å²) >= 11 is 1.46. The van der Waals surface area contributed by atoms with Crippen molar-refractivity contribution in [3.63, 3.8) is 0 Å². The Kier molecular flexibility index (Phi) is 5.63. The largest absolute Gasteiger partial charge is 0.452 e. The van der Waals surface area contributed by atoms with E-state index in [1.807, 2.05) is 30.3 Å². The average Bonchev–Trinajstić information content (AvgIpc) is 2.94. The van der Waals surface area contributed by atoms with E-state index in [0.717, 1.165) is 10.2 Å². The van der Waals surface area contributed by atoms with Crippen LogP contribution in [0.4, 0.5) is 0 Å². The first-order valence-corrected chi connectivity index (χ1v) is 7.35. The number of thiazole rings is 1. The van der Waals surface area contributed by atoms with Crippen molar-refractivity contribution in [2.24, 2.45) is 0 Å². The van der Waals surface area contributed by atoms with Crippen LogP contribution in [0.2, 0.25) is 0 Å². The van der Waals surface area contributed by atoms with Crippen molar-refractivity contribution >= 4 is 39.5 Å². The van der Waals surface area contributed by atoms with E-state index in [0.29, 0.717) is 5.01 Å². The van der Waals surface area contributed by atoms with E-state index >= 15 is 0 Å². The van der Waals surface area contributed by atoms with Crippen molar-refractivity contribution in [3.8, 4) is 6.07 Å². The van der Waals surface area contributed by atoms with Gasteiger partial charge in [-0.25, -0.2) is 9.78 Å². The number of nitriles is 1. The Morgan fingerprint density at radius 3 is 3.00 bits per heavy atom. The fourth-order valence-electron chi connectivity index (χ4n) is 1.59. The lowest BCUT2D eigenvalue weighted by Gasteiger charge is -2.02. The highest BCUT2D eigenvalue weighted by Crippen LogP contribution is 2.22. The summed E-state index contributed by atoms with van der Waals surface area (Å²) in [7, 11) is 0. The minimum absolute atomic E-state index is 0.219. The van der Waals surface area contributed by atoms with Gasteiger partial charge in [-0.2, -0.15) is 5.26 Å². The first kappa shape index (κ1) is 15.7. The molecule has 2 aromatic rings. The number of para-hydroxylation sites is 1. The smallest absolute Gasteiger partial charge is 0.331 e. The summed E-state index contributed by atoms with van der Waals surface area (Å²) in [5.74, 6) is -1.05. The number of rotatable bonds is 6. The minimum atomic E-state index is -0.616. The highest BCUT2D eigenvalue weighted by atomic mass is 32.1. The molecule has 0 saturated carbocycles. The van der Waals surface area contributed by atoms with Crippen LogP contribution in [0.15, 0.2) is 30.3 Å². The van der Waals surface area contributed by atoms with Crippen LogP contribution in [0.3, 0.4) is 0 Å². The summed E-state index contributed by atoms with van der Waals surface area (Å²) in [6.45, 7) is -0.122. The van der Waals surface area contributed by atoms with Gasteiger partial charge in [0.15, 0.2) is 6.61 Å². The average molecular weight is 315 g/mol. The van der Waals surface area contributed by atoms with E-state index in [1.165, 1.54) is 17.4 Å². The Morgan fingerprint density at radius 1 is 1.41 bits per heavy atom. The molecule has 6 nitrogen and oxygen atoms in total. The molecule has 0 aliphatic heterocycles. The topological polar surface area (TPSA) is 92.1 Å². The zero-order valence-corrected chi connectivity index (χ0v) is 12.4. The van der Waals surface area contributed by atoms with Crippen molar-refractivity contribution in [1.29, 1.82) is 5.26 Å². The number of aromatic nitrogens is 1. The van der Waals surface area contributed by atoms with Crippen molar-refractivity contribution in [3.05, 3.63) is 35.3 Å². The zero-order chi connectivity index (χ0) is 15.8. The summed E-state index contributed by atoms with van der Waals surface area (Å²) in [4.78, 5) is 27.1. The molecule has 1 aromatic heterocycles. The molecular weight excluding hydrogens is 302 g/mol. The summed E-state index contributed by atoms with van der Waals surface area (Å²) in [5.41, 5.74) is 0.873. The molecule has 112 valence electrons. The van der Waals surface area contributed by atoms with Gasteiger partial charge in [-0.15, -0.1) is 11.3 Å². The number of fused-ring (bicyclic) bond motifs is 1. The van der Waals surface area contributed by atoms with Gasteiger partial charge < -0.3 is 10.1 Å². The van der Waals surface area contributed by atoms with Crippen LogP contribution in [0.1, 0.15) is 11.4 Å². The standard InChI is InChI=1S/C15H13N3O3S/c16-8-3-9-17-13(19)10-21-15(20)7-6-14-18-11-4-1-2-5-12(11)22-14/h1-2,4-7H,3,9-10H2,(H,17,19)/b7-6+. The fourth-order valence-corrected chi connectivity index (χ4v) is 2.46. The van der Waals surface area contributed by atoms with Crippen molar-refractivity contribution in [2.75, 3.05) is 13.2 Å². The first-order valence-electron chi connectivity index (χ1n) is 6.53. The zero-order valence-electron chi connectivity index (χ0n) is 11.6. The van der Waals surface area contributed by atoms with Gasteiger partial charge >= 0.3 is 5.97 Å². The number of benzene rings is 1. The van der Waals surface area contributed by atoms with E-state index in [9.17, 15) is 9.59 Å². The number of ether oxygens (including phenoxy) is 1. The Balaban J connectivity index is 1.81. The molecule has 0 radical (unpaired) electrons. The van der Waals surface area contributed by atoms with Crippen molar-refractivity contribution in [2.45, 2.75) is 6.42 Å². The highest BCUT2D eigenvalue weighted by Gasteiger charge is 2.05. The Bertz CT molecular complexity index is 713. The normalized spacial score (nSPS) is 10.5. The van der Waals surface area contributed by atoms with E-state index in [4.69, 9.17) is 10.00 Å². The molecular formula is C15H13N3O3S. The highest BCUT2D eigenvalue weighted by molar-refractivity contribution is 7.19. The number of hydrogen-bond donors (Lipinski definition) is 1. The maximum atomic E-state index is 11.5. The molecule has 0 unspecified atom stereocenters. The summed E-state index contributed by atoms with van der Waals surface area (Å²) in [5, 5.41) is 11.5. The second-order valence-electron chi connectivity index (χ2n) is 4.22. The quantitative estimate of drug-likeness (QED) is 0.499. The molecule has 0 spiro atoms. The number of nitrogens with zero attached hydrogens (tertiary/aromatic N) is 2. The van der Waals surface area contributed by atoms with Gasteiger partial charge in [0.2, 0.25) is 0 Å². The van der Waals surface area contributed by atoms with Gasteiger partial charge in [-0.3, -0.25) is 4.79 Å². The van der Waals surface area contributed by atoms with Crippen LogP contribution in [0.5, 0.6) is 0 Å². The van der Waals surface area contributed by atoms with Crippen molar-refractivity contribution in [1.82, 2.24) is 10.3 Å². The number of amides is 1. The lowest BCUT2D eigenvalue weighted by atomic mass is 10.3. The second-order valence-corrected chi connectivity index (χ2v) is 5.28. The van der Waals surface area contributed by atoms with Gasteiger partial charge in [0.1, 0.15) is 5.01 Å². The molecule has 0 saturated heterocycles. The van der Waals surface area contributed by atoms with Crippen LogP contribution in [-0.4, -0.2) is 30.0 Å². The predicted octanol–water partition coefficient (Wildman–Crippen LogP) is 1.88. The molecule has 0 fully saturated rings. The van der Waals surface area contributed by atoms with Crippen molar-refractivity contribution < 1.29 is 14.3 Å². The Morgan fingerprint density at radius 2 is 2.23 bits per heavy atom.